The van der Waals surface area contributed by atoms with Gasteiger partial charge in [0, 0.05) is 11.6 Å². The molecule has 0 radical (unpaired) electrons. The number of fused-ring (bicyclic) bond motifs is 1. The molecule has 1 atom stereocenters. The molecule has 0 unspecified atom stereocenters. The lowest BCUT2D eigenvalue weighted by Crippen LogP contribution is -2.46. The summed E-state index contributed by atoms with van der Waals surface area (Å²) in [6, 6.07) is 7.99. The standard InChI is InChI=1S/C20H27FN3O/c1-2-3-4-5-6-7-15-24-19-22-13-8-14-23(19)16-20(24,25)17-9-11-18(21)12-10-17/h8-14,25H,2-7,15-16H2,1H3/q+1/t20-/m1/s1. The van der Waals surface area contributed by atoms with Crippen molar-refractivity contribution >= 4 is 5.95 Å². The average Bonchev–Trinajstić information content (AvgIpc) is 2.91. The van der Waals surface area contributed by atoms with Crippen LogP contribution in [-0.4, -0.2) is 16.6 Å². The molecule has 3 rings (SSSR count). The molecule has 1 aromatic heterocycles. The van der Waals surface area contributed by atoms with Crippen LogP contribution in [0.25, 0.3) is 0 Å². The van der Waals surface area contributed by atoms with Crippen molar-refractivity contribution in [3.05, 3.63) is 54.1 Å². The molecule has 0 saturated heterocycles. The smallest absolute Gasteiger partial charge is 0.353 e. The van der Waals surface area contributed by atoms with Gasteiger partial charge in [0.15, 0.2) is 0 Å². The van der Waals surface area contributed by atoms with Crippen LogP contribution in [0, 0.1) is 5.82 Å². The fourth-order valence-electron chi connectivity index (χ4n) is 3.53. The van der Waals surface area contributed by atoms with Gasteiger partial charge in [-0.25, -0.2) is 13.9 Å². The van der Waals surface area contributed by atoms with Gasteiger partial charge in [0.25, 0.3) is 0 Å². The Morgan fingerprint density at radius 3 is 2.64 bits per heavy atom. The monoisotopic (exact) mass is 344 g/mol. The molecule has 1 N–H and O–H groups in total. The van der Waals surface area contributed by atoms with E-state index in [1.807, 2.05) is 21.7 Å². The second-order valence-corrected chi connectivity index (χ2v) is 6.79. The predicted octanol–water partition coefficient (Wildman–Crippen LogP) is 3.53. The van der Waals surface area contributed by atoms with Crippen molar-refractivity contribution in [1.82, 2.24) is 4.98 Å². The minimum atomic E-state index is -1.18. The van der Waals surface area contributed by atoms with E-state index < -0.39 is 5.72 Å². The molecular formula is C20H27FN3O+. The highest BCUT2D eigenvalue weighted by molar-refractivity contribution is 5.38. The minimum Gasteiger partial charge on any atom is -0.353 e. The first kappa shape index (κ1) is 17.8. The number of aromatic nitrogens is 2. The quantitative estimate of drug-likeness (QED) is 0.588. The average molecular weight is 344 g/mol. The molecule has 1 aliphatic rings. The van der Waals surface area contributed by atoms with E-state index in [2.05, 4.69) is 11.9 Å². The van der Waals surface area contributed by atoms with E-state index in [-0.39, 0.29) is 5.82 Å². The van der Waals surface area contributed by atoms with Crippen LogP contribution < -0.4 is 9.47 Å². The Hall–Kier alpha value is -2.01. The number of hydrogen-bond acceptors (Lipinski definition) is 3. The molecule has 4 nitrogen and oxygen atoms in total. The van der Waals surface area contributed by atoms with Crippen molar-refractivity contribution in [2.45, 2.75) is 57.7 Å². The van der Waals surface area contributed by atoms with E-state index in [0.717, 1.165) is 25.3 Å². The van der Waals surface area contributed by atoms with Gasteiger partial charge in [-0.3, -0.25) is 0 Å². The Kier molecular flexibility index (Phi) is 5.63. The molecule has 2 heterocycles. The molecule has 2 aromatic rings. The zero-order valence-electron chi connectivity index (χ0n) is 14.9. The molecule has 0 saturated carbocycles. The normalized spacial score (nSPS) is 19.2. The molecule has 0 fully saturated rings. The summed E-state index contributed by atoms with van der Waals surface area (Å²) < 4.78 is 15.3. The molecule has 5 heteroatoms. The van der Waals surface area contributed by atoms with E-state index in [4.69, 9.17) is 0 Å². The van der Waals surface area contributed by atoms with Crippen molar-refractivity contribution in [1.29, 1.82) is 0 Å². The number of unbranched alkanes of at least 4 members (excludes halogenated alkanes) is 5. The van der Waals surface area contributed by atoms with Crippen LogP contribution >= 0.6 is 0 Å². The lowest BCUT2D eigenvalue weighted by molar-refractivity contribution is -0.685. The zero-order valence-corrected chi connectivity index (χ0v) is 14.9. The molecule has 1 aliphatic heterocycles. The Bertz CT molecular complexity index is 692. The summed E-state index contributed by atoms with van der Waals surface area (Å²) in [6.07, 6.45) is 10.8. The van der Waals surface area contributed by atoms with Crippen LogP contribution in [0.4, 0.5) is 10.3 Å². The molecule has 1 aromatic carbocycles. The van der Waals surface area contributed by atoms with E-state index in [1.54, 1.807) is 18.3 Å². The van der Waals surface area contributed by atoms with Gasteiger partial charge < -0.3 is 5.11 Å². The molecule has 0 bridgehead atoms. The van der Waals surface area contributed by atoms with Crippen molar-refractivity contribution in [3.63, 3.8) is 0 Å². The van der Waals surface area contributed by atoms with Gasteiger partial charge >= 0.3 is 5.95 Å². The van der Waals surface area contributed by atoms with Crippen LogP contribution in [0.1, 0.15) is 51.0 Å². The van der Waals surface area contributed by atoms with Gasteiger partial charge in [-0.05, 0) is 30.7 Å². The van der Waals surface area contributed by atoms with Crippen molar-refractivity contribution in [3.8, 4) is 0 Å². The fraction of sp³-hybridized carbons (Fsp3) is 0.500. The van der Waals surface area contributed by atoms with Gasteiger partial charge in [0.2, 0.25) is 5.72 Å². The number of halogens is 1. The second kappa shape index (κ2) is 7.91. The largest absolute Gasteiger partial charge is 0.396 e. The summed E-state index contributed by atoms with van der Waals surface area (Å²) in [6.45, 7) is 3.35. The highest BCUT2D eigenvalue weighted by Gasteiger charge is 2.51. The van der Waals surface area contributed by atoms with Gasteiger partial charge in [-0.1, -0.05) is 44.0 Å². The van der Waals surface area contributed by atoms with Crippen LogP contribution in [0.3, 0.4) is 0 Å². The van der Waals surface area contributed by atoms with Gasteiger partial charge in [-0.15, -0.1) is 0 Å². The summed E-state index contributed by atoms with van der Waals surface area (Å²) in [5, 5.41) is 11.4. The summed E-state index contributed by atoms with van der Waals surface area (Å²) in [5.74, 6) is 0.471. The third-order valence-corrected chi connectivity index (χ3v) is 4.92. The van der Waals surface area contributed by atoms with E-state index in [9.17, 15) is 9.50 Å². The number of benzene rings is 1. The number of hydrogen-bond donors (Lipinski definition) is 1. The zero-order chi connectivity index (χ0) is 17.7. The van der Waals surface area contributed by atoms with Crippen LogP contribution in [-0.2, 0) is 12.3 Å². The third kappa shape index (κ3) is 3.82. The summed E-state index contributed by atoms with van der Waals surface area (Å²) >= 11 is 0. The molecule has 25 heavy (non-hydrogen) atoms. The maximum atomic E-state index is 13.3. The first-order valence-corrected chi connectivity index (χ1v) is 9.25. The number of nitrogens with zero attached hydrogens (tertiary/aromatic N) is 3. The van der Waals surface area contributed by atoms with Gasteiger partial charge in [-0.2, -0.15) is 0 Å². The highest BCUT2D eigenvalue weighted by atomic mass is 19.1. The Morgan fingerprint density at radius 2 is 1.88 bits per heavy atom. The lowest BCUT2D eigenvalue weighted by atomic mass is 10.0. The SMILES string of the molecule is CCCCCCCCN1c2nccc[n+]2C[C@@]1(O)c1ccc(F)cc1. The van der Waals surface area contributed by atoms with Crippen LogP contribution in [0.15, 0.2) is 42.7 Å². The summed E-state index contributed by atoms with van der Waals surface area (Å²) in [7, 11) is 0. The molecular weight excluding hydrogens is 317 g/mol. The van der Waals surface area contributed by atoms with Gasteiger partial charge in [0.05, 0.1) is 12.7 Å². The first-order valence-electron chi connectivity index (χ1n) is 9.25. The Morgan fingerprint density at radius 1 is 1.16 bits per heavy atom. The van der Waals surface area contributed by atoms with Gasteiger partial charge in [0.1, 0.15) is 18.6 Å². The van der Waals surface area contributed by atoms with E-state index in [1.165, 1.54) is 37.8 Å². The maximum Gasteiger partial charge on any atom is 0.396 e. The van der Waals surface area contributed by atoms with Crippen molar-refractivity contribution in [2.75, 3.05) is 11.4 Å². The van der Waals surface area contributed by atoms with E-state index in [0.29, 0.717) is 12.1 Å². The molecule has 134 valence electrons. The lowest BCUT2D eigenvalue weighted by Gasteiger charge is -2.28. The first-order chi connectivity index (χ1) is 12.1. The number of anilines is 1. The Labute approximate surface area is 149 Å². The summed E-state index contributed by atoms with van der Waals surface area (Å²) in [5.41, 5.74) is -0.483. The van der Waals surface area contributed by atoms with Crippen molar-refractivity contribution in [2.24, 2.45) is 0 Å². The molecule has 0 amide bonds. The fourth-order valence-corrected chi connectivity index (χ4v) is 3.53. The second-order valence-electron chi connectivity index (χ2n) is 6.79. The Balaban J connectivity index is 1.76. The van der Waals surface area contributed by atoms with E-state index >= 15 is 0 Å². The molecule has 0 spiro atoms. The van der Waals surface area contributed by atoms with Crippen molar-refractivity contribution < 1.29 is 14.1 Å². The minimum absolute atomic E-state index is 0.295. The summed E-state index contributed by atoms with van der Waals surface area (Å²) in [4.78, 5) is 6.42. The van der Waals surface area contributed by atoms with Crippen LogP contribution in [0.2, 0.25) is 0 Å². The third-order valence-electron chi connectivity index (χ3n) is 4.92. The highest BCUT2D eigenvalue weighted by Crippen LogP contribution is 2.34. The van der Waals surface area contributed by atoms with Crippen LogP contribution in [0.5, 0.6) is 0 Å². The number of aliphatic hydroxyl groups is 1. The maximum absolute atomic E-state index is 13.3. The molecule has 0 aliphatic carbocycles. The predicted molar refractivity (Wildman–Crippen MR) is 95.5 cm³/mol. The topological polar surface area (TPSA) is 40.2 Å². The number of rotatable bonds is 8.